The Morgan fingerprint density at radius 2 is 2.00 bits per heavy atom. The first-order valence-corrected chi connectivity index (χ1v) is 12.7. The molecule has 0 bridgehead atoms. The number of pyridine rings is 1. The van der Waals surface area contributed by atoms with Crippen molar-refractivity contribution in [2.75, 3.05) is 48.8 Å². The number of nitrogens with two attached hydrogens (primary N) is 1. The lowest BCUT2D eigenvalue weighted by Crippen LogP contribution is -2.52. The van der Waals surface area contributed by atoms with Crippen LogP contribution in [0.2, 0.25) is 0 Å². The summed E-state index contributed by atoms with van der Waals surface area (Å²) in [7, 11) is -3.35. The third-order valence-corrected chi connectivity index (χ3v) is 8.36. The van der Waals surface area contributed by atoms with Crippen LogP contribution in [0.5, 0.6) is 0 Å². The zero-order chi connectivity index (χ0) is 23.1. The Kier molecular flexibility index (Phi) is 5.74. The Labute approximate surface area is 193 Å². The molecule has 2 aromatic carbocycles. The van der Waals surface area contributed by atoms with Gasteiger partial charge in [0.05, 0.1) is 36.0 Å². The van der Waals surface area contributed by atoms with Crippen molar-refractivity contribution in [2.45, 2.75) is 18.0 Å². The first-order valence-electron chi connectivity index (χ1n) is 11.0. The van der Waals surface area contributed by atoms with Gasteiger partial charge in [0.2, 0.25) is 0 Å². The number of hydrogen-bond acceptors (Lipinski definition) is 8. The summed E-state index contributed by atoms with van der Waals surface area (Å²) in [5, 5.41) is 14.1. The first kappa shape index (κ1) is 22.1. The highest BCUT2D eigenvalue weighted by Gasteiger charge is 2.37. The number of aromatic nitrogens is 1. The van der Waals surface area contributed by atoms with Gasteiger partial charge in [-0.3, -0.25) is 0 Å². The summed E-state index contributed by atoms with van der Waals surface area (Å²) in [4.78, 5) is 7.27. The van der Waals surface area contributed by atoms with Gasteiger partial charge >= 0.3 is 0 Å². The number of nitrogens with one attached hydrogen (secondary N) is 1. The summed E-state index contributed by atoms with van der Waals surface area (Å²) in [6, 6.07) is 14.8. The molecule has 0 aliphatic carbocycles. The molecular weight excluding hydrogens is 440 g/mol. The highest BCUT2D eigenvalue weighted by molar-refractivity contribution is 7.91. The number of rotatable bonds is 6. The molecule has 2 aliphatic rings. The van der Waals surface area contributed by atoms with Crippen molar-refractivity contribution in [1.29, 1.82) is 0 Å². The Balaban J connectivity index is 1.54. The van der Waals surface area contributed by atoms with E-state index < -0.39 is 9.84 Å². The average molecular weight is 469 g/mol. The SMILES string of the molecule is NCC1(CNc2cc(N3CCS(=O)(=O)c4ccccc4C3)nc3ccc(CO)cc23)COC1. The van der Waals surface area contributed by atoms with E-state index in [1.807, 2.05) is 41.3 Å². The minimum Gasteiger partial charge on any atom is -0.392 e. The summed E-state index contributed by atoms with van der Waals surface area (Å²) in [5.41, 5.74) is 9.13. The molecule has 2 aliphatic heterocycles. The summed E-state index contributed by atoms with van der Waals surface area (Å²) >= 11 is 0. The largest absolute Gasteiger partial charge is 0.392 e. The Morgan fingerprint density at radius 1 is 1.18 bits per heavy atom. The molecule has 1 aromatic heterocycles. The fourth-order valence-electron chi connectivity index (χ4n) is 4.39. The van der Waals surface area contributed by atoms with E-state index in [1.165, 1.54) is 0 Å². The van der Waals surface area contributed by atoms with E-state index in [0.717, 1.165) is 27.7 Å². The Bertz CT molecular complexity index is 1290. The number of nitrogens with zero attached hydrogens (tertiary/aromatic N) is 2. The van der Waals surface area contributed by atoms with Crippen LogP contribution in [-0.4, -0.2) is 57.1 Å². The molecule has 0 radical (unpaired) electrons. The van der Waals surface area contributed by atoms with Crippen LogP contribution in [0.3, 0.4) is 0 Å². The zero-order valence-electron chi connectivity index (χ0n) is 18.3. The third kappa shape index (κ3) is 4.17. The van der Waals surface area contributed by atoms with Gasteiger partial charge in [0.25, 0.3) is 0 Å². The fraction of sp³-hybridized carbons (Fsp3) is 0.375. The highest BCUT2D eigenvalue weighted by atomic mass is 32.2. The van der Waals surface area contributed by atoms with Crippen LogP contribution in [0.25, 0.3) is 10.9 Å². The third-order valence-electron chi connectivity index (χ3n) is 6.57. The van der Waals surface area contributed by atoms with E-state index >= 15 is 0 Å². The molecule has 0 atom stereocenters. The quantitative estimate of drug-likeness (QED) is 0.502. The second kappa shape index (κ2) is 8.57. The van der Waals surface area contributed by atoms with Crippen molar-refractivity contribution in [3.63, 3.8) is 0 Å². The number of ether oxygens (including phenoxy) is 1. The molecule has 0 unspecified atom stereocenters. The van der Waals surface area contributed by atoms with Gasteiger partial charge in [-0.15, -0.1) is 0 Å². The Hall–Kier alpha value is -2.72. The molecule has 33 heavy (non-hydrogen) atoms. The number of aliphatic hydroxyl groups excluding tert-OH is 1. The van der Waals surface area contributed by atoms with Crippen molar-refractivity contribution in [3.05, 3.63) is 59.7 Å². The maximum absolute atomic E-state index is 12.8. The van der Waals surface area contributed by atoms with Crippen molar-refractivity contribution in [2.24, 2.45) is 11.1 Å². The van der Waals surface area contributed by atoms with E-state index in [4.69, 9.17) is 15.5 Å². The molecule has 4 N–H and O–H groups in total. The lowest BCUT2D eigenvalue weighted by Gasteiger charge is -2.40. The number of fused-ring (bicyclic) bond motifs is 2. The minimum atomic E-state index is -3.35. The van der Waals surface area contributed by atoms with Crippen molar-refractivity contribution >= 4 is 32.2 Å². The van der Waals surface area contributed by atoms with Crippen LogP contribution in [-0.2, 0) is 27.7 Å². The molecule has 0 saturated carbocycles. The molecule has 1 saturated heterocycles. The molecule has 5 rings (SSSR count). The topological polar surface area (TPSA) is 118 Å². The standard InChI is InChI=1S/C24H28N4O4S/c25-13-24(15-32-16-24)14-26-21-10-23(27-20-6-5-17(12-29)9-19(20)21)28-7-8-33(30,31)22-4-2-1-3-18(22)11-28/h1-6,9-10,29H,7-8,11-16,25H2,(H,26,27). The molecule has 1 fully saturated rings. The fourth-order valence-corrected chi connectivity index (χ4v) is 5.89. The van der Waals surface area contributed by atoms with Crippen LogP contribution >= 0.6 is 0 Å². The molecule has 3 heterocycles. The molecule has 9 heteroatoms. The normalized spacial score (nSPS) is 18.9. The van der Waals surface area contributed by atoms with E-state index in [9.17, 15) is 13.5 Å². The molecule has 0 amide bonds. The van der Waals surface area contributed by atoms with Gasteiger partial charge in [-0.2, -0.15) is 0 Å². The maximum Gasteiger partial charge on any atom is 0.180 e. The lowest BCUT2D eigenvalue weighted by molar-refractivity contribution is -0.0979. The summed E-state index contributed by atoms with van der Waals surface area (Å²) in [6.45, 7) is 3.18. The van der Waals surface area contributed by atoms with Crippen LogP contribution in [0.4, 0.5) is 11.5 Å². The number of benzene rings is 2. The van der Waals surface area contributed by atoms with Crippen molar-refractivity contribution in [1.82, 2.24) is 4.98 Å². The van der Waals surface area contributed by atoms with Gasteiger partial charge in [0.1, 0.15) is 5.82 Å². The highest BCUT2D eigenvalue weighted by Crippen LogP contribution is 2.33. The van der Waals surface area contributed by atoms with Gasteiger partial charge < -0.3 is 25.8 Å². The van der Waals surface area contributed by atoms with E-state index in [0.29, 0.717) is 50.1 Å². The number of anilines is 2. The van der Waals surface area contributed by atoms with Gasteiger partial charge in [0, 0.05) is 48.7 Å². The smallest absolute Gasteiger partial charge is 0.180 e. The molecule has 8 nitrogen and oxygen atoms in total. The molecule has 3 aromatic rings. The van der Waals surface area contributed by atoms with E-state index in [-0.39, 0.29) is 17.8 Å². The van der Waals surface area contributed by atoms with Crippen LogP contribution < -0.4 is 16.0 Å². The molecule has 174 valence electrons. The average Bonchev–Trinajstić information content (AvgIpc) is 2.94. The molecule has 0 spiro atoms. The number of aliphatic hydroxyl groups is 1. The lowest BCUT2D eigenvalue weighted by atomic mass is 9.86. The van der Waals surface area contributed by atoms with E-state index in [1.54, 1.807) is 12.1 Å². The Morgan fingerprint density at radius 3 is 2.73 bits per heavy atom. The predicted octanol–water partition coefficient (Wildman–Crippen LogP) is 1.91. The summed E-state index contributed by atoms with van der Waals surface area (Å²) < 4.78 is 31.0. The van der Waals surface area contributed by atoms with Crippen molar-refractivity contribution in [3.8, 4) is 0 Å². The second-order valence-electron chi connectivity index (χ2n) is 8.94. The van der Waals surface area contributed by atoms with Crippen molar-refractivity contribution < 1.29 is 18.3 Å². The summed E-state index contributed by atoms with van der Waals surface area (Å²) in [6.07, 6.45) is 0. The number of hydrogen-bond donors (Lipinski definition) is 3. The van der Waals surface area contributed by atoms with Crippen LogP contribution in [0.1, 0.15) is 11.1 Å². The first-order chi connectivity index (χ1) is 15.9. The van der Waals surface area contributed by atoms with Gasteiger partial charge in [0.15, 0.2) is 9.84 Å². The monoisotopic (exact) mass is 468 g/mol. The maximum atomic E-state index is 12.8. The summed E-state index contributed by atoms with van der Waals surface area (Å²) in [5.74, 6) is 0.740. The minimum absolute atomic E-state index is 0.0313. The van der Waals surface area contributed by atoms with E-state index in [2.05, 4.69) is 5.32 Å². The van der Waals surface area contributed by atoms with Gasteiger partial charge in [-0.05, 0) is 29.3 Å². The van der Waals surface area contributed by atoms with Crippen LogP contribution in [0, 0.1) is 5.41 Å². The van der Waals surface area contributed by atoms with Gasteiger partial charge in [-0.1, -0.05) is 24.3 Å². The predicted molar refractivity (Wildman–Crippen MR) is 128 cm³/mol. The second-order valence-corrected chi connectivity index (χ2v) is 11.0. The van der Waals surface area contributed by atoms with Crippen LogP contribution in [0.15, 0.2) is 53.4 Å². The molecular formula is C24H28N4O4S. The zero-order valence-corrected chi connectivity index (χ0v) is 19.1. The van der Waals surface area contributed by atoms with Gasteiger partial charge in [-0.25, -0.2) is 13.4 Å². The number of sulfone groups is 1.